The Balaban J connectivity index is 1.64. The van der Waals surface area contributed by atoms with Crippen molar-refractivity contribution in [3.63, 3.8) is 0 Å². The molecule has 2 nitrogen and oxygen atoms in total. The lowest BCUT2D eigenvalue weighted by Crippen LogP contribution is -2.24. The molecular weight excluding hydrogens is 330 g/mol. The lowest BCUT2D eigenvalue weighted by molar-refractivity contribution is 0.253. The summed E-state index contributed by atoms with van der Waals surface area (Å²) in [6.45, 7) is 5.14. The highest BCUT2D eigenvalue weighted by molar-refractivity contribution is 5.27. The molecule has 0 aliphatic rings. The van der Waals surface area contributed by atoms with E-state index in [9.17, 15) is 0 Å². The molecule has 3 rings (SSSR count). The van der Waals surface area contributed by atoms with Crippen molar-refractivity contribution < 1.29 is 4.74 Å². The molecule has 0 atom stereocenters. The fourth-order valence-corrected chi connectivity index (χ4v) is 3.31. The van der Waals surface area contributed by atoms with Gasteiger partial charge in [0.05, 0.1) is 7.11 Å². The molecule has 0 saturated carbocycles. The van der Waals surface area contributed by atoms with E-state index < -0.39 is 0 Å². The second-order valence-corrected chi connectivity index (χ2v) is 7.13. The third kappa shape index (κ3) is 6.26. The van der Waals surface area contributed by atoms with Crippen LogP contribution in [-0.2, 0) is 19.5 Å². The molecule has 0 aliphatic heterocycles. The Bertz CT molecular complexity index is 794. The Kier molecular flexibility index (Phi) is 7.06. The highest BCUT2D eigenvalue weighted by atomic mass is 16.5. The van der Waals surface area contributed by atoms with E-state index in [-0.39, 0.29) is 0 Å². The maximum absolute atomic E-state index is 5.28. The monoisotopic (exact) mass is 359 g/mol. The SMILES string of the molecule is COc1ccc(CN(CCCc2ccccc2)Cc2ccc(C)cc2)cc1. The number of methoxy groups -OCH3 is 1. The first kappa shape index (κ1) is 19.2. The van der Waals surface area contributed by atoms with Crippen molar-refractivity contribution in [1.29, 1.82) is 0 Å². The topological polar surface area (TPSA) is 12.5 Å². The van der Waals surface area contributed by atoms with Crippen LogP contribution >= 0.6 is 0 Å². The Hall–Kier alpha value is -2.58. The molecule has 0 aliphatic carbocycles. The first-order chi connectivity index (χ1) is 13.2. The predicted octanol–water partition coefficient (Wildman–Crippen LogP) is 5.64. The lowest BCUT2D eigenvalue weighted by Gasteiger charge is -2.23. The van der Waals surface area contributed by atoms with E-state index in [1.807, 2.05) is 12.1 Å². The van der Waals surface area contributed by atoms with Crippen LogP contribution in [0.3, 0.4) is 0 Å². The number of ether oxygens (including phenoxy) is 1. The van der Waals surface area contributed by atoms with Crippen LogP contribution in [0.15, 0.2) is 78.9 Å². The van der Waals surface area contributed by atoms with Gasteiger partial charge in [-0.1, -0.05) is 72.3 Å². The Morgan fingerprint density at radius 3 is 1.89 bits per heavy atom. The molecule has 0 N–H and O–H groups in total. The van der Waals surface area contributed by atoms with Crippen molar-refractivity contribution in [3.8, 4) is 5.75 Å². The number of aryl methyl sites for hydroxylation is 2. The van der Waals surface area contributed by atoms with E-state index in [0.29, 0.717) is 0 Å². The third-order valence-electron chi connectivity index (χ3n) is 4.87. The van der Waals surface area contributed by atoms with Gasteiger partial charge in [0, 0.05) is 13.1 Å². The molecule has 3 aromatic carbocycles. The molecule has 0 amide bonds. The molecule has 3 aromatic rings. The lowest BCUT2D eigenvalue weighted by atomic mass is 10.1. The fourth-order valence-electron chi connectivity index (χ4n) is 3.31. The van der Waals surface area contributed by atoms with Crippen LogP contribution in [0.2, 0.25) is 0 Å². The van der Waals surface area contributed by atoms with Crippen molar-refractivity contribution in [2.24, 2.45) is 0 Å². The second kappa shape index (κ2) is 9.94. The average Bonchev–Trinajstić information content (AvgIpc) is 2.71. The maximum atomic E-state index is 5.28. The minimum atomic E-state index is 0.910. The molecule has 2 heteroatoms. The van der Waals surface area contributed by atoms with Crippen LogP contribution in [0.4, 0.5) is 0 Å². The largest absolute Gasteiger partial charge is 0.497 e. The zero-order valence-electron chi connectivity index (χ0n) is 16.4. The maximum Gasteiger partial charge on any atom is 0.118 e. The van der Waals surface area contributed by atoms with E-state index in [2.05, 4.69) is 78.6 Å². The predicted molar refractivity (Wildman–Crippen MR) is 113 cm³/mol. The van der Waals surface area contributed by atoms with Gasteiger partial charge >= 0.3 is 0 Å². The smallest absolute Gasteiger partial charge is 0.118 e. The van der Waals surface area contributed by atoms with Gasteiger partial charge < -0.3 is 4.74 Å². The minimum Gasteiger partial charge on any atom is -0.497 e. The zero-order chi connectivity index (χ0) is 18.9. The first-order valence-corrected chi connectivity index (χ1v) is 9.68. The van der Waals surface area contributed by atoms with Gasteiger partial charge in [-0.25, -0.2) is 0 Å². The summed E-state index contributed by atoms with van der Waals surface area (Å²) in [6.07, 6.45) is 2.28. The van der Waals surface area contributed by atoms with E-state index in [1.165, 1.54) is 22.3 Å². The molecule has 0 spiro atoms. The Morgan fingerprint density at radius 1 is 0.704 bits per heavy atom. The van der Waals surface area contributed by atoms with Gasteiger partial charge in [0.2, 0.25) is 0 Å². The normalized spacial score (nSPS) is 10.9. The third-order valence-corrected chi connectivity index (χ3v) is 4.87. The van der Waals surface area contributed by atoms with Gasteiger partial charge in [0.25, 0.3) is 0 Å². The molecule has 140 valence electrons. The molecule has 0 unspecified atom stereocenters. The van der Waals surface area contributed by atoms with E-state index in [1.54, 1.807) is 7.11 Å². The summed E-state index contributed by atoms with van der Waals surface area (Å²) in [7, 11) is 1.71. The van der Waals surface area contributed by atoms with E-state index in [4.69, 9.17) is 4.74 Å². The van der Waals surface area contributed by atoms with Crippen molar-refractivity contribution in [1.82, 2.24) is 4.90 Å². The van der Waals surface area contributed by atoms with Gasteiger partial charge in [0.15, 0.2) is 0 Å². The number of benzene rings is 3. The molecule has 0 saturated heterocycles. The van der Waals surface area contributed by atoms with Crippen LogP contribution < -0.4 is 4.74 Å². The summed E-state index contributed by atoms with van der Waals surface area (Å²) in [6, 6.07) is 28.1. The second-order valence-electron chi connectivity index (χ2n) is 7.13. The minimum absolute atomic E-state index is 0.910. The molecule has 27 heavy (non-hydrogen) atoms. The van der Waals surface area contributed by atoms with Crippen LogP contribution in [0.5, 0.6) is 5.75 Å². The summed E-state index contributed by atoms with van der Waals surface area (Å²) >= 11 is 0. The van der Waals surface area contributed by atoms with Crippen molar-refractivity contribution >= 4 is 0 Å². The molecule has 0 aromatic heterocycles. The van der Waals surface area contributed by atoms with Gasteiger partial charge in [0.1, 0.15) is 5.75 Å². The van der Waals surface area contributed by atoms with Crippen molar-refractivity contribution in [2.45, 2.75) is 32.9 Å². The van der Waals surface area contributed by atoms with E-state index in [0.717, 1.165) is 38.2 Å². The van der Waals surface area contributed by atoms with E-state index >= 15 is 0 Å². The molecule has 0 heterocycles. The number of hydrogen-bond acceptors (Lipinski definition) is 2. The Labute approximate surface area is 163 Å². The quantitative estimate of drug-likeness (QED) is 0.490. The summed E-state index contributed by atoms with van der Waals surface area (Å²) in [4.78, 5) is 2.54. The van der Waals surface area contributed by atoms with Crippen LogP contribution in [0, 0.1) is 6.92 Å². The van der Waals surface area contributed by atoms with Gasteiger partial charge in [-0.05, 0) is 55.1 Å². The first-order valence-electron chi connectivity index (χ1n) is 9.68. The molecule has 0 fully saturated rings. The standard InChI is InChI=1S/C25H29NO/c1-21-10-12-23(13-11-21)19-26(18-6-9-22-7-4-3-5-8-22)20-24-14-16-25(27-2)17-15-24/h3-5,7-8,10-17H,6,9,18-20H2,1-2H3. The van der Waals surface area contributed by atoms with Gasteiger partial charge in [-0.3, -0.25) is 4.90 Å². The van der Waals surface area contributed by atoms with Gasteiger partial charge in [-0.15, -0.1) is 0 Å². The van der Waals surface area contributed by atoms with Crippen LogP contribution in [0.1, 0.15) is 28.7 Å². The summed E-state index contributed by atoms with van der Waals surface area (Å²) in [5.41, 5.74) is 5.42. The molecule has 0 radical (unpaired) electrons. The summed E-state index contributed by atoms with van der Waals surface area (Å²) in [5.74, 6) is 0.910. The van der Waals surface area contributed by atoms with Gasteiger partial charge in [-0.2, -0.15) is 0 Å². The number of nitrogens with zero attached hydrogens (tertiary/aromatic N) is 1. The number of hydrogen-bond donors (Lipinski definition) is 0. The van der Waals surface area contributed by atoms with Crippen LogP contribution in [-0.4, -0.2) is 18.6 Å². The molecule has 0 bridgehead atoms. The Morgan fingerprint density at radius 2 is 1.30 bits per heavy atom. The fraction of sp³-hybridized carbons (Fsp3) is 0.280. The zero-order valence-corrected chi connectivity index (χ0v) is 16.4. The highest BCUT2D eigenvalue weighted by Gasteiger charge is 2.08. The van der Waals surface area contributed by atoms with Crippen molar-refractivity contribution in [2.75, 3.05) is 13.7 Å². The summed E-state index contributed by atoms with van der Waals surface area (Å²) < 4.78 is 5.28. The molecular formula is C25H29NO. The van der Waals surface area contributed by atoms with Crippen molar-refractivity contribution in [3.05, 3.63) is 101 Å². The number of rotatable bonds is 9. The summed E-state index contributed by atoms with van der Waals surface area (Å²) in [5, 5.41) is 0. The highest BCUT2D eigenvalue weighted by Crippen LogP contribution is 2.16. The average molecular weight is 360 g/mol. The van der Waals surface area contributed by atoms with Crippen LogP contribution in [0.25, 0.3) is 0 Å².